The van der Waals surface area contributed by atoms with Gasteiger partial charge in [0.15, 0.2) is 0 Å². The molecular formula is C27H37N3O5S. The number of unbranched alkanes of at least 4 members (excludes halogenated alkanes) is 1. The maximum atomic E-state index is 13.7. The normalized spacial score (nSPS) is 16.9. The minimum absolute atomic E-state index is 0.0723. The van der Waals surface area contributed by atoms with Gasteiger partial charge < -0.3 is 15.0 Å². The molecule has 1 fully saturated rings. The SMILES string of the molecule is CCCCC(=O)Nc1ccc(N2CCC[C@H](C(=O)OCC)C2)c(S(=O)(=O)N[C@H](C)c2ccccc2)c1. The van der Waals surface area contributed by atoms with Gasteiger partial charge in [0, 0.05) is 31.2 Å². The highest BCUT2D eigenvalue weighted by Crippen LogP contribution is 2.33. The van der Waals surface area contributed by atoms with Crippen LogP contribution in [0.4, 0.5) is 11.4 Å². The highest BCUT2D eigenvalue weighted by atomic mass is 32.2. The lowest BCUT2D eigenvalue weighted by atomic mass is 9.97. The fraction of sp³-hybridized carbons (Fsp3) is 0.481. The van der Waals surface area contributed by atoms with Crippen molar-refractivity contribution in [3.63, 3.8) is 0 Å². The standard InChI is InChI=1S/C27H37N3O5S/c1-4-6-14-26(31)28-23-15-16-24(30-17-10-13-22(19-30)27(32)35-5-2)25(18-23)36(33,34)29-20(3)21-11-8-7-9-12-21/h7-9,11-12,15-16,18,20,22,29H,4-6,10,13-14,17,19H2,1-3H3,(H,28,31)/t20-,22+/m1/s1. The van der Waals surface area contributed by atoms with Gasteiger partial charge in [-0.3, -0.25) is 9.59 Å². The Labute approximate surface area is 214 Å². The molecule has 0 saturated carbocycles. The molecule has 3 rings (SSSR count). The lowest BCUT2D eigenvalue weighted by Crippen LogP contribution is -2.40. The second-order valence-corrected chi connectivity index (χ2v) is 10.8. The minimum Gasteiger partial charge on any atom is -0.466 e. The van der Waals surface area contributed by atoms with Crippen molar-refractivity contribution in [1.29, 1.82) is 0 Å². The summed E-state index contributed by atoms with van der Waals surface area (Å²) in [6.07, 6.45) is 3.47. The quantitative estimate of drug-likeness (QED) is 0.423. The van der Waals surface area contributed by atoms with Crippen LogP contribution in [0, 0.1) is 5.92 Å². The first-order chi connectivity index (χ1) is 17.2. The van der Waals surface area contributed by atoms with E-state index >= 15 is 0 Å². The summed E-state index contributed by atoms with van der Waals surface area (Å²) in [6.45, 7) is 6.88. The fourth-order valence-electron chi connectivity index (χ4n) is 4.38. The molecule has 2 N–H and O–H groups in total. The lowest BCUT2D eigenvalue weighted by molar-refractivity contribution is -0.148. The average Bonchev–Trinajstić information content (AvgIpc) is 2.88. The predicted octanol–water partition coefficient (Wildman–Crippen LogP) is 4.63. The van der Waals surface area contributed by atoms with E-state index in [0.717, 1.165) is 24.8 Å². The molecule has 196 valence electrons. The molecule has 1 aliphatic heterocycles. The van der Waals surface area contributed by atoms with Gasteiger partial charge in [0.2, 0.25) is 15.9 Å². The Hall–Kier alpha value is -2.91. The second-order valence-electron chi connectivity index (χ2n) is 9.13. The Morgan fingerprint density at radius 2 is 1.89 bits per heavy atom. The number of anilines is 2. The number of ether oxygens (including phenoxy) is 1. The Morgan fingerprint density at radius 1 is 1.14 bits per heavy atom. The van der Waals surface area contributed by atoms with E-state index in [0.29, 0.717) is 43.9 Å². The third-order valence-corrected chi connectivity index (χ3v) is 7.87. The zero-order chi connectivity index (χ0) is 26.1. The van der Waals surface area contributed by atoms with Gasteiger partial charge in [-0.1, -0.05) is 43.7 Å². The van der Waals surface area contributed by atoms with Crippen LogP contribution in [0.2, 0.25) is 0 Å². The molecular weight excluding hydrogens is 478 g/mol. The molecule has 1 heterocycles. The number of benzene rings is 2. The highest BCUT2D eigenvalue weighted by Gasteiger charge is 2.31. The molecule has 0 radical (unpaired) electrons. The Morgan fingerprint density at radius 3 is 2.58 bits per heavy atom. The van der Waals surface area contributed by atoms with Crippen LogP contribution in [0.15, 0.2) is 53.4 Å². The number of rotatable bonds is 11. The number of piperidine rings is 1. The number of hydrogen-bond acceptors (Lipinski definition) is 6. The van der Waals surface area contributed by atoms with E-state index < -0.39 is 16.1 Å². The van der Waals surface area contributed by atoms with Gasteiger partial charge >= 0.3 is 5.97 Å². The van der Waals surface area contributed by atoms with Crippen LogP contribution >= 0.6 is 0 Å². The summed E-state index contributed by atoms with van der Waals surface area (Å²) in [5.74, 6) is -0.736. The lowest BCUT2D eigenvalue weighted by Gasteiger charge is -2.34. The van der Waals surface area contributed by atoms with Crippen molar-refractivity contribution >= 4 is 33.3 Å². The van der Waals surface area contributed by atoms with Crippen molar-refractivity contribution in [2.75, 3.05) is 29.9 Å². The summed E-state index contributed by atoms with van der Waals surface area (Å²) < 4.78 is 35.3. The summed E-state index contributed by atoms with van der Waals surface area (Å²) >= 11 is 0. The summed E-state index contributed by atoms with van der Waals surface area (Å²) in [4.78, 5) is 26.7. The largest absolute Gasteiger partial charge is 0.466 e. The number of nitrogens with one attached hydrogen (secondary N) is 2. The molecule has 0 unspecified atom stereocenters. The molecule has 8 nitrogen and oxygen atoms in total. The van der Waals surface area contributed by atoms with Crippen LogP contribution < -0.4 is 14.9 Å². The average molecular weight is 516 g/mol. The molecule has 0 aliphatic carbocycles. The Balaban J connectivity index is 1.94. The van der Waals surface area contributed by atoms with E-state index in [1.54, 1.807) is 26.0 Å². The van der Waals surface area contributed by atoms with Crippen molar-refractivity contribution in [1.82, 2.24) is 4.72 Å². The molecule has 1 aliphatic rings. The maximum absolute atomic E-state index is 13.7. The number of carbonyl (C=O) groups excluding carboxylic acids is 2. The molecule has 2 atom stereocenters. The topological polar surface area (TPSA) is 105 Å². The van der Waals surface area contributed by atoms with E-state index in [1.807, 2.05) is 42.2 Å². The van der Waals surface area contributed by atoms with Crippen molar-refractivity contribution < 1.29 is 22.7 Å². The first-order valence-corrected chi connectivity index (χ1v) is 14.2. The van der Waals surface area contributed by atoms with Crippen LogP contribution in [0.1, 0.15) is 64.5 Å². The molecule has 2 aromatic carbocycles. The summed E-state index contributed by atoms with van der Waals surface area (Å²) in [7, 11) is -3.97. The van der Waals surface area contributed by atoms with Crippen LogP contribution in [0.5, 0.6) is 0 Å². The van der Waals surface area contributed by atoms with Gasteiger partial charge in [-0.15, -0.1) is 0 Å². The van der Waals surface area contributed by atoms with Crippen LogP contribution in [0.25, 0.3) is 0 Å². The first kappa shape index (κ1) is 27.7. The highest BCUT2D eigenvalue weighted by molar-refractivity contribution is 7.89. The number of nitrogens with zero attached hydrogens (tertiary/aromatic N) is 1. The van der Waals surface area contributed by atoms with Gasteiger partial charge in [-0.2, -0.15) is 0 Å². The zero-order valence-corrected chi connectivity index (χ0v) is 22.1. The van der Waals surface area contributed by atoms with E-state index in [-0.39, 0.29) is 22.7 Å². The Bertz CT molecular complexity index is 1140. The molecule has 0 aromatic heterocycles. The number of hydrogen-bond donors (Lipinski definition) is 2. The summed E-state index contributed by atoms with van der Waals surface area (Å²) in [6, 6.07) is 13.8. The van der Waals surface area contributed by atoms with Crippen molar-refractivity contribution in [2.24, 2.45) is 5.92 Å². The van der Waals surface area contributed by atoms with E-state index in [1.165, 1.54) is 6.07 Å². The van der Waals surface area contributed by atoms with Gasteiger partial charge in [0.1, 0.15) is 4.90 Å². The summed E-state index contributed by atoms with van der Waals surface area (Å²) in [5.41, 5.74) is 1.77. The van der Waals surface area contributed by atoms with E-state index in [9.17, 15) is 18.0 Å². The maximum Gasteiger partial charge on any atom is 0.310 e. The minimum atomic E-state index is -3.97. The van der Waals surface area contributed by atoms with Crippen molar-refractivity contribution in [3.05, 3.63) is 54.1 Å². The summed E-state index contributed by atoms with van der Waals surface area (Å²) in [5, 5.41) is 2.82. The monoisotopic (exact) mass is 515 g/mol. The van der Waals surface area contributed by atoms with Gasteiger partial charge in [-0.25, -0.2) is 13.1 Å². The molecule has 36 heavy (non-hydrogen) atoms. The first-order valence-electron chi connectivity index (χ1n) is 12.7. The van der Waals surface area contributed by atoms with Crippen LogP contribution in [-0.4, -0.2) is 40.0 Å². The van der Waals surface area contributed by atoms with Gasteiger partial charge in [-0.05, 0) is 56.9 Å². The Kier molecular flexibility index (Phi) is 9.89. The number of sulfonamides is 1. The number of amides is 1. The molecule has 0 bridgehead atoms. The van der Waals surface area contributed by atoms with Crippen molar-refractivity contribution in [3.8, 4) is 0 Å². The van der Waals surface area contributed by atoms with Gasteiger partial charge in [0.25, 0.3) is 0 Å². The molecule has 2 aromatic rings. The molecule has 9 heteroatoms. The fourth-order valence-corrected chi connectivity index (χ4v) is 5.87. The third-order valence-electron chi connectivity index (χ3n) is 6.30. The number of carbonyl (C=O) groups is 2. The van der Waals surface area contributed by atoms with Gasteiger partial charge in [0.05, 0.1) is 18.2 Å². The van der Waals surface area contributed by atoms with E-state index in [2.05, 4.69) is 10.0 Å². The predicted molar refractivity (Wildman–Crippen MR) is 141 cm³/mol. The second kappa shape index (κ2) is 12.9. The number of esters is 1. The van der Waals surface area contributed by atoms with Crippen LogP contribution in [-0.2, 0) is 24.3 Å². The molecule has 0 spiro atoms. The van der Waals surface area contributed by atoms with Crippen molar-refractivity contribution in [2.45, 2.75) is 63.8 Å². The zero-order valence-electron chi connectivity index (χ0n) is 21.3. The molecule has 1 saturated heterocycles. The van der Waals surface area contributed by atoms with Crippen LogP contribution in [0.3, 0.4) is 0 Å². The molecule has 1 amide bonds. The smallest absolute Gasteiger partial charge is 0.310 e. The van der Waals surface area contributed by atoms with E-state index in [4.69, 9.17) is 4.74 Å². The third kappa shape index (κ3) is 7.30.